The van der Waals surface area contributed by atoms with E-state index in [4.69, 9.17) is 4.42 Å². The molecule has 29 heavy (non-hydrogen) atoms. The number of nitro benzene ring substituents is 1. The minimum atomic E-state index is -0.474. The van der Waals surface area contributed by atoms with Crippen LogP contribution < -0.4 is 0 Å². The summed E-state index contributed by atoms with van der Waals surface area (Å²) >= 11 is 0. The fourth-order valence-corrected chi connectivity index (χ4v) is 2.97. The smallest absolute Gasteiger partial charge is 0.270 e. The Kier molecular flexibility index (Phi) is 4.75. The highest BCUT2D eigenvalue weighted by Gasteiger charge is 2.20. The molecular formula is C23H16N2O4. The van der Waals surface area contributed by atoms with E-state index in [1.807, 2.05) is 31.2 Å². The van der Waals surface area contributed by atoms with Gasteiger partial charge >= 0.3 is 0 Å². The third-order valence-corrected chi connectivity index (χ3v) is 4.47. The highest BCUT2D eigenvalue weighted by atomic mass is 16.6. The van der Waals surface area contributed by atoms with Crippen molar-refractivity contribution in [2.45, 2.75) is 6.92 Å². The molecule has 0 saturated heterocycles. The number of para-hydroxylation sites is 2. The molecule has 6 heteroatoms. The first-order valence-electron chi connectivity index (χ1n) is 8.95. The van der Waals surface area contributed by atoms with Gasteiger partial charge in [0.05, 0.1) is 10.5 Å². The number of rotatable bonds is 5. The molecule has 0 unspecified atom stereocenters. The van der Waals surface area contributed by atoms with Gasteiger partial charge in [0.25, 0.3) is 5.69 Å². The van der Waals surface area contributed by atoms with Crippen LogP contribution >= 0.6 is 0 Å². The van der Waals surface area contributed by atoms with Crippen LogP contribution in [0.4, 0.5) is 5.69 Å². The zero-order valence-electron chi connectivity index (χ0n) is 15.5. The molecule has 0 radical (unpaired) electrons. The van der Waals surface area contributed by atoms with E-state index >= 15 is 0 Å². The Balaban J connectivity index is 1.86. The minimum Gasteiger partial charge on any atom is -0.436 e. The first-order valence-corrected chi connectivity index (χ1v) is 8.95. The van der Waals surface area contributed by atoms with Crippen molar-refractivity contribution in [1.29, 1.82) is 0 Å². The lowest BCUT2D eigenvalue weighted by atomic mass is 10.00. The highest BCUT2D eigenvalue weighted by Crippen LogP contribution is 2.27. The zero-order valence-corrected chi connectivity index (χ0v) is 15.5. The van der Waals surface area contributed by atoms with E-state index in [9.17, 15) is 14.9 Å². The number of Topliss-reactive ketones (excluding diaryl/α,β-unsaturated/α-hetero) is 1. The molecule has 1 heterocycles. The summed E-state index contributed by atoms with van der Waals surface area (Å²) in [6.45, 7) is 1.94. The molecule has 3 aromatic carbocycles. The lowest BCUT2D eigenvalue weighted by molar-refractivity contribution is -0.384. The van der Waals surface area contributed by atoms with Crippen LogP contribution in [-0.4, -0.2) is 15.7 Å². The fraction of sp³-hybridized carbons (Fsp3) is 0.0435. The predicted molar refractivity (Wildman–Crippen MR) is 110 cm³/mol. The van der Waals surface area contributed by atoms with E-state index < -0.39 is 4.92 Å². The summed E-state index contributed by atoms with van der Waals surface area (Å²) in [6.07, 6.45) is 1.57. The zero-order chi connectivity index (χ0) is 20.4. The Morgan fingerprint density at radius 3 is 2.52 bits per heavy atom. The van der Waals surface area contributed by atoms with Gasteiger partial charge in [-0.1, -0.05) is 54.1 Å². The Labute approximate surface area is 166 Å². The van der Waals surface area contributed by atoms with E-state index in [0.717, 1.165) is 5.56 Å². The number of aromatic nitrogens is 1. The number of benzene rings is 3. The van der Waals surface area contributed by atoms with Gasteiger partial charge in [-0.15, -0.1) is 0 Å². The van der Waals surface area contributed by atoms with Gasteiger partial charge in [0, 0.05) is 17.7 Å². The number of non-ortho nitro benzene ring substituents is 1. The number of carbonyl (C=O) groups excluding carboxylic acids is 1. The average Bonchev–Trinajstić information content (AvgIpc) is 3.16. The molecule has 1 aromatic heterocycles. The lowest BCUT2D eigenvalue weighted by Gasteiger charge is -2.05. The van der Waals surface area contributed by atoms with Crippen LogP contribution in [0.15, 0.2) is 77.2 Å². The predicted octanol–water partition coefficient (Wildman–Crippen LogP) is 5.47. The Morgan fingerprint density at radius 2 is 1.79 bits per heavy atom. The summed E-state index contributed by atoms with van der Waals surface area (Å²) in [7, 11) is 0. The van der Waals surface area contributed by atoms with Gasteiger partial charge < -0.3 is 4.42 Å². The number of hydrogen-bond donors (Lipinski definition) is 0. The molecule has 0 saturated carbocycles. The van der Waals surface area contributed by atoms with Crippen LogP contribution in [-0.2, 0) is 0 Å². The number of nitro groups is 1. The number of allylic oxidation sites excluding steroid dienone is 1. The Morgan fingerprint density at radius 1 is 1.03 bits per heavy atom. The molecule has 0 atom stereocenters. The maximum atomic E-state index is 13.3. The lowest BCUT2D eigenvalue weighted by Crippen LogP contribution is -2.03. The number of hydrogen-bond acceptors (Lipinski definition) is 5. The van der Waals surface area contributed by atoms with Crippen molar-refractivity contribution >= 4 is 34.2 Å². The molecule has 0 fully saturated rings. The van der Waals surface area contributed by atoms with Crippen molar-refractivity contribution in [3.63, 3.8) is 0 Å². The van der Waals surface area contributed by atoms with E-state index in [2.05, 4.69) is 4.98 Å². The largest absolute Gasteiger partial charge is 0.436 e. The molecule has 142 valence electrons. The first-order chi connectivity index (χ1) is 14.0. The van der Waals surface area contributed by atoms with Crippen LogP contribution in [0.5, 0.6) is 0 Å². The monoisotopic (exact) mass is 384 g/mol. The Hall–Kier alpha value is -4.06. The van der Waals surface area contributed by atoms with Gasteiger partial charge in [-0.25, -0.2) is 4.98 Å². The maximum absolute atomic E-state index is 13.3. The first kappa shape index (κ1) is 18.3. The van der Waals surface area contributed by atoms with Crippen molar-refractivity contribution < 1.29 is 14.1 Å². The molecule has 0 spiro atoms. The highest BCUT2D eigenvalue weighted by molar-refractivity contribution is 6.31. The minimum absolute atomic E-state index is 0.0570. The van der Waals surface area contributed by atoms with Gasteiger partial charge in [0.2, 0.25) is 5.89 Å². The Bertz CT molecular complexity index is 1220. The summed E-state index contributed by atoms with van der Waals surface area (Å²) in [5.41, 5.74) is 3.39. The maximum Gasteiger partial charge on any atom is 0.270 e. The van der Waals surface area contributed by atoms with E-state index in [0.29, 0.717) is 22.2 Å². The van der Waals surface area contributed by atoms with Gasteiger partial charge in [0.1, 0.15) is 5.52 Å². The summed E-state index contributed by atoms with van der Waals surface area (Å²) in [4.78, 5) is 28.3. The van der Waals surface area contributed by atoms with E-state index in [1.54, 1.807) is 42.5 Å². The fourth-order valence-electron chi connectivity index (χ4n) is 2.97. The molecule has 0 N–H and O–H groups in total. The van der Waals surface area contributed by atoms with E-state index in [-0.39, 0.29) is 22.9 Å². The van der Waals surface area contributed by atoms with Crippen LogP contribution in [0.1, 0.15) is 27.4 Å². The van der Waals surface area contributed by atoms with Crippen molar-refractivity contribution in [1.82, 2.24) is 4.98 Å². The topological polar surface area (TPSA) is 86.2 Å². The summed E-state index contributed by atoms with van der Waals surface area (Å²) in [5.74, 6) is -0.105. The average molecular weight is 384 g/mol. The van der Waals surface area contributed by atoms with Crippen molar-refractivity contribution in [3.8, 4) is 0 Å². The number of fused-ring (bicyclic) bond motifs is 1. The van der Waals surface area contributed by atoms with Crippen LogP contribution in [0.3, 0.4) is 0 Å². The number of ketones is 1. The molecule has 0 bridgehead atoms. The number of nitrogens with zero attached hydrogens (tertiary/aromatic N) is 2. The molecular weight excluding hydrogens is 368 g/mol. The number of oxazole rings is 1. The second-order valence-electron chi connectivity index (χ2n) is 6.59. The second kappa shape index (κ2) is 7.52. The molecule has 4 rings (SSSR count). The summed E-state index contributed by atoms with van der Waals surface area (Å²) in [6, 6.07) is 20.5. The molecule has 4 aromatic rings. The van der Waals surface area contributed by atoms with Crippen molar-refractivity contribution in [3.05, 3.63) is 105 Å². The SMILES string of the molecule is Cc1ccc(C(=O)C(=Cc2cccc([N+](=O)[O-])c2)c2nc3ccccc3o2)cc1. The van der Waals surface area contributed by atoms with E-state index in [1.165, 1.54) is 12.1 Å². The second-order valence-corrected chi connectivity index (χ2v) is 6.59. The van der Waals surface area contributed by atoms with Gasteiger partial charge in [-0.2, -0.15) is 0 Å². The van der Waals surface area contributed by atoms with Crippen molar-refractivity contribution in [2.75, 3.05) is 0 Å². The molecule has 0 aliphatic rings. The normalized spacial score (nSPS) is 11.6. The molecule has 0 aliphatic carbocycles. The molecule has 6 nitrogen and oxygen atoms in total. The standard InChI is InChI=1S/C23H16N2O4/c1-15-9-11-17(12-10-15)22(26)19(14-16-5-4-6-18(13-16)25(27)28)23-24-20-7-2-3-8-21(20)29-23/h2-14H,1H3. The quantitative estimate of drug-likeness (QED) is 0.197. The van der Waals surface area contributed by atoms with Gasteiger partial charge in [-0.05, 0) is 30.7 Å². The van der Waals surface area contributed by atoms with Crippen LogP contribution in [0, 0.1) is 17.0 Å². The van der Waals surface area contributed by atoms with Crippen LogP contribution in [0.2, 0.25) is 0 Å². The van der Waals surface area contributed by atoms with Gasteiger partial charge in [0.15, 0.2) is 11.4 Å². The van der Waals surface area contributed by atoms with Crippen molar-refractivity contribution in [2.24, 2.45) is 0 Å². The number of aryl methyl sites for hydroxylation is 1. The van der Waals surface area contributed by atoms with Gasteiger partial charge in [-0.3, -0.25) is 14.9 Å². The third kappa shape index (κ3) is 3.82. The molecule has 0 aliphatic heterocycles. The number of carbonyl (C=O) groups is 1. The van der Waals surface area contributed by atoms with Crippen LogP contribution in [0.25, 0.3) is 22.7 Å². The third-order valence-electron chi connectivity index (χ3n) is 4.47. The summed E-state index contributed by atoms with van der Waals surface area (Å²) in [5, 5.41) is 11.1. The summed E-state index contributed by atoms with van der Waals surface area (Å²) < 4.78 is 5.81. The molecule has 0 amide bonds.